The lowest BCUT2D eigenvalue weighted by Gasteiger charge is -2.12. The lowest BCUT2D eigenvalue weighted by molar-refractivity contribution is 0.557. The molecule has 0 atom stereocenters. The summed E-state index contributed by atoms with van der Waals surface area (Å²) in [5.41, 5.74) is 9.45. The molecule has 2 N–H and O–H groups in total. The average Bonchev–Trinajstić information content (AvgIpc) is 3.23. The SMILES string of the molecule is Cc1ccc2nc(/C=C/c3ccco3)n(Cc3cccc(CN)c3)c(=O)c2c1. The number of fused-ring (bicyclic) bond motifs is 1. The van der Waals surface area contributed by atoms with E-state index < -0.39 is 0 Å². The minimum atomic E-state index is -0.0639. The summed E-state index contributed by atoms with van der Waals surface area (Å²) in [6, 6.07) is 17.4. The molecule has 2 aromatic carbocycles. The molecule has 4 rings (SSSR count). The Kier molecular flexibility index (Phi) is 4.91. The van der Waals surface area contributed by atoms with Gasteiger partial charge >= 0.3 is 0 Å². The van der Waals surface area contributed by atoms with Gasteiger partial charge in [0.2, 0.25) is 0 Å². The minimum Gasteiger partial charge on any atom is -0.465 e. The van der Waals surface area contributed by atoms with E-state index >= 15 is 0 Å². The summed E-state index contributed by atoms with van der Waals surface area (Å²) in [4.78, 5) is 18.0. The number of nitrogens with two attached hydrogens (primary N) is 1. The van der Waals surface area contributed by atoms with Crippen molar-refractivity contribution in [2.24, 2.45) is 5.73 Å². The number of aryl methyl sites for hydroxylation is 1. The van der Waals surface area contributed by atoms with Gasteiger partial charge in [-0.3, -0.25) is 9.36 Å². The zero-order valence-corrected chi connectivity index (χ0v) is 15.6. The first kappa shape index (κ1) is 17.9. The van der Waals surface area contributed by atoms with Gasteiger partial charge in [-0.1, -0.05) is 35.9 Å². The smallest absolute Gasteiger partial charge is 0.261 e. The summed E-state index contributed by atoms with van der Waals surface area (Å²) in [5, 5.41) is 0.616. The molecule has 28 heavy (non-hydrogen) atoms. The molecule has 2 heterocycles. The van der Waals surface area contributed by atoms with E-state index in [0.717, 1.165) is 16.7 Å². The molecule has 0 saturated heterocycles. The van der Waals surface area contributed by atoms with E-state index in [4.69, 9.17) is 15.1 Å². The first-order valence-electron chi connectivity index (χ1n) is 9.15. The number of hydrogen-bond donors (Lipinski definition) is 1. The van der Waals surface area contributed by atoms with E-state index in [1.807, 2.05) is 73.7 Å². The Morgan fingerprint density at radius 1 is 1.07 bits per heavy atom. The largest absolute Gasteiger partial charge is 0.465 e. The molecule has 0 aliphatic rings. The quantitative estimate of drug-likeness (QED) is 0.576. The molecule has 2 aromatic heterocycles. The second-order valence-electron chi connectivity index (χ2n) is 6.75. The third kappa shape index (κ3) is 3.66. The van der Waals surface area contributed by atoms with Crippen molar-refractivity contribution in [2.75, 3.05) is 0 Å². The van der Waals surface area contributed by atoms with Gasteiger partial charge in [0.05, 0.1) is 23.7 Å². The Labute approximate surface area is 162 Å². The van der Waals surface area contributed by atoms with Crippen LogP contribution in [0.4, 0.5) is 0 Å². The molecule has 0 spiro atoms. The number of nitrogens with zero attached hydrogens (tertiary/aromatic N) is 2. The van der Waals surface area contributed by atoms with Gasteiger partial charge in [0.25, 0.3) is 5.56 Å². The summed E-state index contributed by atoms with van der Waals surface area (Å²) in [7, 11) is 0. The maximum atomic E-state index is 13.3. The fourth-order valence-electron chi connectivity index (χ4n) is 3.21. The van der Waals surface area contributed by atoms with Crippen molar-refractivity contribution >= 4 is 23.1 Å². The lowest BCUT2D eigenvalue weighted by Crippen LogP contribution is -2.24. The Hall–Kier alpha value is -3.44. The zero-order valence-electron chi connectivity index (χ0n) is 15.6. The molecule has 0 unspecified atom stereocenters. The van der Waals surface area contributed by atoms with E-state index in [0.29, 0.717) is 35.6 Å². The summed E-state index contributed by atoms with van der Waals surface area (Å²) < 4.78 is 7.05. The molecular weight excluding hydrogens is 350 g/mol. The Bertz CT molecular complexity index is 1200. The van der Waals surface area contributed by atoms with Gasteiger partial charge in [0.15, 0.2) is 0 Å². The summed E-state index contributed by atoms with van der Waals surface area (Å²) >= 11 is 0. The van der Waals surface area contributed by atoms with Crippen molar-refractivity contribution in [1.82, 2.24) is 9.55 Å². The first-order valence-corrected chi connectivity index (χ1v) is 9.15. The van der Waals surface area contributed by atoms with Gasteiger partial charge in [0.1, 0.15) is 11.6 Å². The van der Waals surface area contributed by atoms with Gasteiger partial charge in [0, 0.05) is 6.54 Å². The number of benzene rings is 2. The molecule has 5 heteroatoms. The Morgan fingerprint density at radius 3 is 2.71 bits per heavy atom. The van der Waals surface area contributed by atoms with Gasteiger partial charge < -0.3 is 10.2 Å². The predicted molar refractivity (Wildman–Crippen MR) is 112 cm³/mol. The molecule has 0 aliphatic carbocycles. The van der Waals surface area contributed by atoms with Crippen LogP contribution in [0.3, 0.4) is 0 Å². The van der Waals surface area contributed by atoms with Crippen molar-refractivity contribution in [2.45, 2.75) is 20.0 Å². The highest BCUT2D eigenvalue weighted by Crippen LogP contribution is 2.15. The maximum absolute atomic E-state index is 13.3. The monoisotopic (exact) mass is 371 g/mol. The van der Waals surface area contributed by atoms with Crippen LogP contribution in [0.2, 0.25) is 0 Å². The van der Waals surface area contributed by atoms with Crippen LogP contribution in [0.25, 0.3) is 23.1 Å². The molecule has 0 amide bonds. The number of aromatic nitrogens is 2. The van der Waals surface area contributed by atoms with Gasteiger partial charge in [-0.05, 0) is 54.5 Å². The predicted octanol–water partition coefficient (Wildman–Crippen LogP) is 3.98. The van der Waals surface area contributed by atoms with Crippen LogP contribution in [0.15, 0.2) is 70.1 Å². The summed E-state index contributed by atoms with van der Waals surface area (Å²) in [5.74, 6) is 1.28. The Balaban J connectivity index is 1.86. The third-order valence-electron chi connectivity index (χ3n) is 4.65. The van der Waals surface area contributed by atoms with Crippen LogP contribution < -0.4 is 11.3 Å². The van der Waals surface area contributed by atoms with Crippen LogP contribution in [-0.4, -0.2) is 9.55 Å². The highest BCUT2D eigenvalue weighted by molar-refractivity contribution is 5.80. The third-order valence-corrected chi connectivity index (χ3v) is 4.65. The Morgan fingerprint density at radius 2 is 1.93 bits per heavy atom. The molecule has 5 nitrogen and oxygen atoms in total. The minimum absolute atomic E-state index is 0.0639. The maximum Gasteiger partial charge on any atom is 0.261 e. The average molecular weight is 371 g/mol. The second kappa shape index (κ2) is 7.66. The van der Waals surface area contributed by atoms with Crippen molar-refractivity contribution in [1.29, 1.82) is 0 Å². The highest BCUT2D eigenvalue weighted by Gasteiger charge is 2.11. The van der Waals surface area contributed by atoms with E-state index in [1.165, 1.54) is 0 Å². The van der Waals surface area contributed by atoms with Crippen LogP contribution in [-0.2, 0) is 13.1 Å². The normalized spacial score (nSPS) is 11.5. The molecule has 0 saturated carbocycles. The van der Waals surface area contributed by atoms with Crippen molar-refractivity contribution in [3.8, 4) is 0 Å². The summed E-state index contributed by atoms with van der Waals surface area (Å²) in [6.45, 7) is 2.85. The van der Waals surface area contributed by atoms with Crippen LogP contribution in [0.1, 0.15) is 28.3 Å². The summed E-state index contributed by atoms with van der Waals surface area (Å²) in [6.07, 6.45) is 5.24. The molecular formula is C23H21N3O2. The molecule has 0 radical (unpaired) electrons. The zero-order chi connectivity index (χ0) is 19.5. The standard InChI is InChI=1S/C23H21N3O2/c1-16-7-9-21-20(12-16)23(27)26(15-18-5-2-4-17(13-18)14-24)22(25-21)10-8-19-6-3-11-28-19/h2-13H,14-15,24H2,1H3/b10-8+. The molecule has 0 fully saturated rings. The van der Waals surface area contributed by atoms with E-state index in [-0.39, 0.29) is 5.56 Å². The van der Waals surface area contributed by atoms with Gasteiger partial charge in [-0.2, -0.15) is 0 Å². The highest BCUT2D eigenvalue weighted by atomic mass is 16.3. The topological polar surface area (TPSA) is 74.1 Å². The van der Waals surface area contributed by atoms with Crippen molar-refractivity contribution in [3.63, 3.8) is 0 Å². The van der Waals surface area contributed by atoms with E-state index in [2.05, 4.69) is 0 Å². The fraction of sp³-hybridized carbons (Fsp3) is 0.130. The van der Waals surface area contributed by atoms with Crippen molar-refractivity contribution in [3.05, 3.63) is 99.5 Å². The molecule has 0 bridgehead atoms. The fourth-order valence-corrected chi connectivity index (χ4v) is 3.21. The number of rotatable bonds is 5. The van der Waals surface area contributed by atoms with Gasteiger partial charge in [-0.25, -0.2) is 4.98 Å². The van der Waals surface area contributed by atoms with Crippen LogP contribution in [0, 0.1) is 6.92 Å². The molecule has 4 aromatic rings. The molecule has 0 aliphatic heterocycles. The van der Waals surface area contributed by atoms with E-state index in [1.54, 1.807) is 10.8 Å². The lowest BCUT2D eigenvalue weighted by atomic mass is 10.1. The number of hydrogen-bond acceptors (Lipinski definition) is 4. The number of furan rings is 1. The van der Waals surface area contributed by atoms with Gasteiger partial charge in [-0.15, -0.1) is 0 Å². The van der Waals surface area contributed by atoms with Crippen LogP contribution >= 0.6 is 0 Å². The van der Waals surface area contributed by atoms with Crippen LogP contribution in [0.5, 0.6) is 0 Å². The van der Waals surface area contributed by atoms with Crippen molar-refractivity contribution < 1.29 is 4.42 Å². The molecule has 140 valence electrons. The first-order chi connectivity index (χ1) is 13.6. The van der Waals surface area contributed by atoms with E-state index in [9.17, 15) is 4.79 Å². The second-order valence-corrected chi connectivity index (χ2v) is 6.75.